The summed E-state index contributed by atoms with van der Waals surface area (Å²) in [5.74, 6) is -0.704. The van der Waals surface area contributed by atoms with Gasteiger partial charge in [-0.3, -0.25) is 10.1 Å². The highest BCUT2D eigenvalue weighted by molar-refractivity contribution is 5.66. The summed E-state index contributed by atoms with van der Waals surface area (Å²) in [6.45, 7) is 2.07. The van der Waals surface area contributed by atoms with Crippen molar-refractivity contribution in [2.24, 2.45) is 0 Å². The minimum atomic E-state index is -0.704. The highest BCUT2D eigenvalue weighted by Crippen LogP contribution is 2.08. The largest absolute Gasteiger partial charge is 0.481 e. The van der Waals surface area contributed by atoms with E-state index < -0.39 is 5.97 Å². The maximum absolute atomic E-state index is 10.3. The van der Waals surface area contributed by atoms with Crippen LogP contribution in [0.1, 0.15) is 64.7 Å². The molecule has 22 heavy (non-hydrogen) atoms. The van der Waals surface area contributed by atoms with E-state index in [0.717, 1.165) is 44.9 Å². The smallest absolute Gasteiger partial charge is 0.303 e. The third kappa shape index (κ3) is 15.0. The molecule has 0 radical (unpaired) electrons. The van der Waals surface area contributed by atoms with Crippen LogP contribution in [0.4, 0.5) is 0 Å². The lowest BCUT2D eigenvalue weighted by Crippen LogP contribution is -2.04. The average molecular weight is 310 g/mol. The van der Waals surface area contributed by atoms with Crippen LogP contribution < -0.4 is 0 Å². The summed E-state index contributed by atoms with van der Waals surface area (Å²) in [5.41, 5.74) is 0. The molecule has 0 aromatic carbocycles. The van der Waals surface area contributed by atoms with Crippen molar-refractivity contribution in [3.8, 4) is 0 Å². The SMILES string of the molecule is CC/C=C/CC(/C=C/C=C/CCCCCCCC(=O)O)OO. The lowest BCUT2D eigenvalue weighted by molar-refractivity contribution is -0.264. The Kier molecular flexibility index (Phi) is 15.0. The molecule has 0 saturated carbocycles. The van der Waals surface area contributed by atoms with Crippen LogP contribution in [0.5, 0.6) is 0 Å². The van der Waals surface area contributed by atoms with Gasteiger partial charge >= 0.3 is 5.97 Å². The zero-order valence-electron chi connectivity index (χ0n) is 13.6. The second-order valence-electron chi connectivity index (χ2n) is 5.27. The molecule has 0 fully saturated rings. The number of allylic oxidation sites excluding steroid dienone is 4. The molecule has 1 unspecified atom stereocenters. The maximum Gasteiger partial charge on any atom is 0.303 e. The first-order chi connectivity index (χ1) is 10.7. The summed E-state index contributed by atoms with van der Waals surface area (Å²) < 4.78 is 0. The molecule has 0 amide bonds. The highest BCUT2D eigenvalue weighted by Gasteiger charge is 1.99. The van der Waals surface area contributed by atoms with Crippen molar-refractivity contribution in [1.82, 2.24) is 0 Å². The van der Waals surface area contributed by atoms with Crippen molar-refractivity contribution in [2.75, 3.05) is 0 Å². The Labute approximate surface area is 134 Å². The molecule has 0 aliphatic rings. The van der Waals surface area contributed by atoms with Crippen molar-refractivity contribution in [1.29, 1.82) is 0 Å². The van der Waals surface area contributed by atoms with Gasteiger partial charge < -0.3 is 5.11 Å². The molecule has 4 nitrogen and oxygen atoms in total. The molecule has 0 bridgehead atoms. The fourth-order valence-corrected chi connectivity index (χ4v) is 1.99. The van der Waals surface area contributed by atoms with E-state index in [4.69, 9.17) is 10.4 Å². The standard InChI is InChI=1S/C18H30O4/c1-2-3-11-14-17(22-21)15-12-9-7-5-4-6-8-10-13-16-18(19)20/h3,7,9,11-12,15,17,21H,2,4-6,8,10,13-14,16H2,1H3,(H,19,20)/b9-7+,11-3+,15-12+. The third-order valence-corrected chi connectivity index (χ3v) is 3.24. The first-order valence-corrected chi connectivity index (χ1v) is 8.21. The minimum absolute atomic E-state index is 0.284. The van der Waals surface area contributed by atoms with Crippen LogP contribution in [0.2, 0.25) is 0 Å². The molecule has 4 heteroatoms. The van der Waals surface area contributed by atoms with E-state index in [1.165, 1.54) is 0 Å². The molecule has 0 spiro atoms. The van der Waals surface area contributed by atoms with E-state index in [2.05, 4.69) is 17.9 Å². The normalized spacial score (nSPS) is 13.5. The zero-order chi connectivity index (χ0) is 16.5. The molecule has 0 aromatic rings. The maximum atomic E-state index is 10.3. The molecule has 126 valence electrons. The van der Waals surface area contributed by atoms with E-state index in [1.807, 2.05) is 30.4 Å². The van der Waals surface area contributed by atoms with Crippen molar-refractivity contribution >= 4 is 5.97 Å². The van der Waals surface area contributed by atoms with Gasteiger partial charge in [0.15, 0.2) is 0 Å². The van der Waals surface area contributed by atoms with Gasteiger partial charge in [0.25, 0.3) is 0 Å². The lowest BCUT2D eigenvalue weighted by atomic mass is 10.1. The Morgan fingerprint density at radius 3 is 2.45 bits per heavy atom. The van der Waals surface area contributed by atoms with Crippen molar-refractivity contribution in [3.05, 3.63) is 36.5 Å². The molecule has 0 saturated heterocycles. The number of aliphatic carboxylic acids is 1. The number of unbranched alkanes of at least 4 members (excludes halogenated alkanes) is 5. The molecule has 0 aromatic heterocycles. The van der Waals surface area contributed by atoms with Crippen LogP contribution >= 0.6 is 0 Å². The van der Waals surface area contributed by atoms with E-state index >= 15 is 0 Å². The van der Waals surface area contributed by atoms with Crippen LogP contribution in [0.3, 0.4) is 0 Å². The molecular formula is C18H30O4. The summed E-state index contributed by atoms with van der Waals surface area (Å²) >= 11 is 0. The van der Waals surface area contributed by atoms with E-state index in [1.54, 1.807) is 0 Å². The van der Waals surface area contributed by atoms with Gasteiger partial charge in [0.2, 0.25) is 0 Å². The predicted molar refractivity (Wildman–Crippen MR) is 89.8 cm³/mol. The number of carboxylic acids is 1. The molecule has 0 heterocycles. The quantitative estimate of drug-likeness (QED) is 0.153. The fraction of sp³-hybridized carbons (Fsp3) is 0.611. The lowest BCUT2D eigenvalue weighted by Gasteiger charge is -2.03. The summed E-state index contributed by atoms with van der Waals surface area (Å²) in [4.78, 5) is 14.7. The van der Waals surface area contributed by atoms with Gasteiger partial charge in [-0.1, -0.05) is 62.6 Å². The highest BCUT2D eigenvalue weighted by atomic mass is 17.1. The summed E-state index contributed by atoms with van der Waals surface area (Å²) in [5, 5.41) is 17.3. The monoisotopic (exact) mass is 310 g/mol. The van der Waals surface area contributed by atoms with Crippen LogP contribution in [-0.2, 0) is 9.68 Å². The number of hydrogen-bond donors (Lipinski definition) is 2. The van der Waals surface area contributed by atoms with Crippen LogP contribution in [-0.4, -0.2) is 22.4 Å². The van der Waals surface area contributed by atoms with Gasteiger partial charge in [0, 0.05) is 6.42 Å². The first kappa shape index (κ1) is 20.6. The molecule has 0 aliphatic heterocycles. The fourth-order valence-electron chi connectivity index (χ4n) is 1.99. The van der Waals surface area contributed by atoms with Gasteiger partial charge in [0.1, 0.15) is 6.10 Å². The molecule has 0 rings (SSSR count). The zero-order valence-corrected chi connectivity index (χ0v) is 13.6. The van der Waals surface area contributed by atoms with Crippen LogP contribution in [0.25, 0.3) is 0 Å². The van der Waals surface area contributed by atoms with Gasteiger partial charge in [-0.05, 0) is 32.1 Å². The number of carboxylic acid groups (broad SMARTS) is 1. The molecule has 1 atom stereocenters. The third-order valence-electron chi connectivity index (χ3n) is 3.24. The Hall–Kier alpha value is -1.39. The van der Waals surface area contributed by atoms with E-state index in [-0.39, 0.29) is 12.5 Å². The number of hydrogen-bond acceptors (Lipinski definition) is 3. The predicted octanol–water partition coefficient (Wildman–Crippen LogP) is 5.13. The topological polar surface area (TPSA) is 66.8 Å². The summed E-state index contributed by atoms with van der Waals surface area (Å²) in [6.07, 6.45) is 19.7. The van der Waals surface area contributed by atoms with Crippen molar-refractivity contribution < 1.29 is 20.0 Å². The van der Waals surface area contributed by atoms with Gasteiger partial charge in [0.05, 0.1) is 0 Å². The van der Waals surface area contributed by atoms with Crippen molar-refractivity contribution in [2.45, 2.75) is 70.8 Å². The second kappa shape index (κ2) is 16.0. The molecular weight excluding hydrogens is 280 g/mol. The van der Waals surface area contributed by atoms with Crippen LogP contribution in [0.15, 0.2) is 36.5 Å². The average Bonchev–Trinajstić information content (AvgIpc) is 2.50. The van der Waals surface area contributed by atoms with Crippen molar-refractivity contribution in [3.63, 3.8) is 0 Å². The minimum Gasteiger partial charge on any atom is -0.481 e. The Morgan fingerprint density at radius 1 is 1.05 bits per heavy atom. The number of rotatable bonds is 14. The Balaban J connectivity index is 3.57. The first-order valence-electron chi connectivity index (χ1n) is 8.21. The van der Waals surface area contributed by atoms with Gasteiger partial charge in [-0.25, -0.2) is 4.89 Å². The van der Waals surface area contributed by atoms with E-state index in [0.29, 0.717) is 6.42 Å². The van der Waals surface area contributed by atoms with Crippen LogP contribution in [0, 0.1) is 0 Å². The van der Waals surface area contributed by atoms with Gasteiger partial charge in [-0.2, -0.15) is 0 Å². The summed E-state index contributed by atoms with van der Waals surface area (Å²) in [7, 11) is 0. The Morgan fingerprint density at radius 2 is 1.77 bits per heavy atom. The van der Waals surface area contributed by atoms with E-state index in [9.17, 15) is 4.79 Å². The van der Waals surface area contributed by atoms with Gasteiger partial charge in [-0.15, -0.1) is 0 Å². The number of carbonyl (C=O) groups is 1. The second-order valence-corrected chi connectivity index (χ2v) is 5.27. The molecule has 2 N–H and O–H groups in total. The Bertz CT molecular complexity index is 345. The molecule has 0 aliphatic carbocycles. The summed E-state index contributed by atoms with van der Waals surface area (Å²) in [6, 6.07) is 0.